The zero-order chi connectivity index (χ0) is 15.8. The fourth-order valence-corrected chi connectivity index (χ4v) is 3.49. The van der Waals surface area contributed by atoms with Crippen molar-refractivity contribution in [3.05, 3.63) is 22.3 Å². The molecule has 0 N–H and O–H groups in total. The molecule has 1 aromatic rings. The van der Waals surface area contributed by atoms with Crippen molar-refractivity contribution < 1.29 is 9.53 Å². The Morgan fingerprint density at radius 2 is 2.14 bits per heavy atom. The van der Waals surface area contributed by atoms with Crippen LogP contribution in [0.5, 0.6) is 0 Å². The lowest BCUT2D eigenvalue weighted by molar-refractivity contribution is 0.0309. The van der Waals surface area contributed by atoms with Crippen LogP contribution in [0.3, 0.4) is 0 Å². The number of hydrogen-bond acceptors (Lipinski definition) is 4. The van der Waals surface area contributed by atoms with Crippen molar-refractivity contribution in [1.29, 1.82) is 0 Å². The molecule has 5 heteroatoms. The van der Waals surface area contributed by atoms with E-state index in [9.17, 15) is 4.79 Å². The first-order valence-corrected chi connectivity index (χ1v) is 8.16. The number of ether oxygens (including phenoxy) is 1. The summed E-state index contributed by atoms with van der Waals surface area (Å²) in [6.07, 6.45) is 2.50. The number of carbonyl (C=O) groups is 1. The van der Waals surface area contributed by atoms with Gasteiger partial charge in [0.25, 0.3) is 0 Å². The molecule has 0 aromatic carbocycles. The molecule has 2 heterocycles. The Hall–Kier alpha value is -1.36. The van der Waals surface area contributed by atoms with E-state index in [-0.39, 0.29) is 11.5 Å². The lowest BCUT2D eigenvalue weighted by Crippen LogP contribution is -2.40. The first-order valence-electron chi connectivity index (χ1n) is 7.28. The summed E-state index contributed by atoms with van der Waals surface area (Å²) in [5, 5.41) is 0. The Morgan fingerprint density at radius 1 is 1.48 bits per heavy atom. The van der Waals surface area contributed by atoms with Gasteiger partial charge in [0, 0.05) is 18.2 Å². The van der Waals surface area contributed by atoms with Gasteiger partial charge in [-0.05, 0) is 32.8 Å². The minimum atomic E-state index is -0.489. The summed E-state index contributed by atoms with van der Waals surface area (Å²) in [6, 6.07) is 0. The number of nitrogens with zero attached hydrogens (tertiary/aromatic N) is 2. The van der Waals surface area contributed by atoms with Crippen molar-refractivity contribution >= 4 is 23.0 Å². The molecule has 0 bridgehead atoms. The molecule has 1 aliphatic rings. The van der Waals surface area contributed by atoms with Gasteiger partial charge in [0.1, 0.15) is 5.60 Å². The Bertz CT molecular complexity index is 567. The van der Waals surface area contributed by atoms with Gasteiger partial charge in [-0.25, -0.2) is 9.78 Å². The minimum absolute atomic E-state index is 0.195. The molecule has 1 aliphatic heterocycles. The molecule has 0 fully saturated rings. The second-order valence-electron chi connectivity index (χ2n) is 7.03. The molecule has 21 heavy (non-hydrogen) atoms. The van der Waals surface area contributed by atoms with E-state index in [1.54, 1.807) is 16.2 Å². The van der Waals surface area contributed by atoms with E-state index in [0.29, 0.717) is 6.54 Å². The van der Waals surface area contributed by atoms with Crippen LogP contribution in [0, 0.1) is 0 Å². The summed E-state index contributed by atoms with van der Waals surface area (Å²) in [5.74, 6) is 0. The third-order valence-corrected chi connectivity index (χ3v) is 4.29. The highest BCUT2D eigenvalue weighted by Gasteiger charge is 2.35. The minimum Gasteiger partial charge on any atom is -0.443 e. The van der Waals surface area contributed by atoms with Gasteiger partial charge in [-0.2, -0.15) is 0 Å². The van der Waals surface area contributed by atoms with Gasteiger partial charge in [0.2, 0.25) is 0 Å². The smallest absolute Gasteiger partial charge is 0.414 e. The number of aromatic nitrogens is 1. The first-order chi connectivity index (χ1) is 9.64. The maximum Gasteiger partial charge on any atom is 0.414 e. The summed E-state index contributed by atoms with van der Waals surface area (Å²) < 4.78 is 5.52. The number of thiazole rings is 1. The summed E-state index contributed by atoms with van der Waals surface area (Å²) in [6.45, 7) is 12.6. The van der Waals surface area contributed by atoms with E-state index in [2.05, 4.69) is 25.8 Å². The van der Waals surface area contributed by atoms with Crippen LogP contribution in [0.1, 0.15) is 58.5 Å². The number of fused-ring (bicyclic) bond motifs is 1. The van der Waals surface area contributed by atoms with E-state index in [4.69, 9.17) is 4.74 Å². The number of amides is 1. The number of rotatable bonds is 1. The fraction of sp³-hybridized carbons (Fsp3) is 0.625. The van der Waals surface area contributed by atoms with E-state index < -0.39 is 5.60 Å². The van der Waals surface area contributed by atoms with Crippen LogP contribution in [0.4, 0.5) is 4.79 Å². The monoisotopic (exact) mass is 308 g/mol. The Balaban J connectivity index is 2.38. The molecule has 116 valence electrons. The molecule has 1 aromatic heterocycles. The second-order valence-corrected chi connectivity index (χ2v) is 7.88. The van der Waals surface area contributed by atoms with Crippen LogP contribution in [0.25, 0.3) is 5.57 Å². The third kappa shape index (κ3) is 3.46. The highest BCUT2D eigenvalue weighted by Crippen LogP contribution is 2.37. The van der Waals surface area contributed by atoms with Gasteiger partial charge < -0.3 is 4.74 Å². The summed E-state index contributed by atoms with van der Waals surface area (Å²) >= 11 is 1.64. The summed E-state index contributed by atoms with van der Waals surface area (Å²) in [5.41, 5.74) is 3.42. The lowest BCUT2D eigenvalue weighted by Gasteiger charge is -2.30. The van der Waals surface area contributed by atoms with Gasteiger partial charge in [0.15, 0.2) is 0 Å². The Morgan fingerprint density at radius 3 is 2.71 bits per heavy atom. The molecule has 0 spiro atoms. The number of hydrogen-bond donors (Lipinski definition) is 0. The molecule has 0 radical (unpaired) electrons. The molecule has 0 atom stereocenters. The van der Waals surface area contributed by atoms with E-state index in [1.165, 1.54) is 4.88 Å². The van der Waals surface area contributed by atoms with Gasteiger partial charge >= 0.3 is 6.09 Å². The van der Waals surface area contributed by atoms with Crippen molar-refractivity contribution in [3.8, 4) is 0 Å². The van der Waals surface area contributed by atoms with Crippen LogP contribution < -0.4 is 0 Å². The van der Waals surface area contributed by atoms with E-state index in [1.807, 2.05) is 32.5 Å². The fourth-order valence-electron chi connectivity index (χ4n) is 2.44. The number of carbonyl (C=O) groups excluding carboxylic acids is 1. The molecule has 1 amide bonds. The largest absolute Gasteiger partial charge is 0.443 e. The lowest BCUT2D eigenvalue weighted by atomic mass is 9.88. The average Bonchev–Trinajstić information content (AvgIpc) is 2.78. The predicted octanol–water partition coefficient (Wildman–Crippen LogP) is 4.42. The zero-order valence-electron chi connectivity index (χ0n) is 13.7. The van der Waals surface area contributed by atoms with Gasteiger partial charge in [-0.1, -0.05) is 20.8 Å². The topological polar surface area (TPSA) is 42.4 Å². The summed E-state index contributed by atoms with van der Waals surface area (Å²) in [4.78, 5) is 19.8. The van der Waals surface area contributed by atoms with Crippen LogP contribution in [0.15, 0.2) is 11.7 Å². The first kappa shape index (κ1) is 16.0. The van der Waals surface area contributed by atoms with Crippen LogP contribution >= 0.6 is 11.3 Å². The van der Waals surface area contributed by atoms with Crippen LogP contribution in [-0.4, -0.2) is 28.1 Å². The summed E-state index contributed by atoms with van der Waals surface area (Å²) in [7, 11) is 0. The van der Waals surface area contributed by atoms with Crippen molar-refractivity contribution in [1.82, 2.24) is 9.88 Å². The highest BCUT2D eigenvalue weighted by molar-refractivity contribution is 7.11. The predicted molar refractivity (Wildman–Crippen MR) is 86.3 cm³/mol. The molecule has 0 saturated carbocycles. The Kier molecular flexibility index (Phi) is 4.15. The molecular formula is C16H24N2O2S. The quantitative estimate of drug-likeness (QED) is 0.771. The molecule has 0 aliphatic carbocycles. The maximum absolute atomic E-state index is 12.4. The van der Waals surface area contributed by atoms with Crippen LogP contribution in [0.2, 0.25) is 0 Å². The van der Waals surface area contributed by atoms with Crippen LogP contribution in [-0.2, 0) is 10.2 Å². The second kappa shape index (κ2) is 5.44. The highest BCUT2D eigenvalue weighted by atomic mass is 32.1. The van der Waals surface area contributed by atoms with Gasteiger partial charge in [-0.15, -0.1) is 11.3 Å². The molecule has 2 rings (SSSR count). The maximum atomic E-state index is 12.4. The van der Waals surface area contributed by atoms with Crippen molar-refractivity contribution in [2.45, 2.75) is 59.0 Å². The van der Waals surface area contributed by atoms with Gasteiger partial charge in [0.05, 0.1) is 16.1 Å². The SMILES string of the molecule is CCC1=CN(C(=O)OC(C)(C)C)CC(C)(C)c2ncsc21. The Labute approximate surface area is 130 Å². The van der Waals surface area contributed by atoms with Crippen molar-refractivity contribution in [2.75, 3.05) is 6.54 Å². The standard InChI is InChI=1S/C16H24N2O2S/c1-7-11-8-18(14(19)20-15(2,3)4)9-16(5,6)13-12(11)21-10-17-13/h8,10H,7,9H2,1-6H3. The van der Waals surface area contributed by atoms with E-state index >= 15 is 0 Å². The molecular weight excluding hydrogens is 284 g/mol. The third-order valence-electron chi connectivity index (χ3n) is 3.39. The molecule has 4 nitrogen and oxygen atoms in total. The van der Waals surface area contributed by atoms with Crippen molar-refractivity contribution in [2.24, 2.45) is 0 Å². The zero-order valence-corrected chi connectivity index (χ0v) is 14.5. The molecule has 0 unspecified atom stereocenters. The van der Waals surface area contributed by atoms with Gasteiger partial charge in [-0.3, -0.25) is 4.90 Å². The van der Waals surface area contributed by atoms with Crippen molar-refractivity contribution in [3.63, 3.8) is 0 Å². The van der Waals surface area contributed by atoms with E-state index in [0.717, 1.165) is 17.7 Å². The normalized spacial score (nSPS) is 17.8. The average molecular weight is 308 g/mol. The number of allylic oxidation sites excluding steroid dienone is 1. The molecule has 0 saturated heterocycles.